The van der Waals surface area contributed by atoms with Gasteiger partial charge in [-0.15, -0.1) is 0 Å². The number of nitrogens with zero attached hydrogens (tertiary/aromatic N) is 1. The zero-order valence-corrected chi connectivity index (χ0v) is 13.1. The summed E-state index contributed by atoms with van der Waals surface area (Å²) < 4.78 is 0. The molecule has 0 bridgehead atoms. The molecule has 3 fully saturated rings. The van der Waals surface area contributed by atoms with E-state index in [0.29, 0.717) is 5.41 Å². The average Bonchev–Trinajstić information content (AvgIpc) is 3.10. The number of hydrogen-bond donors (Lipinski definition) is 1. The number of nitrogens with one attached hydrogen (secondary N) is 1. The van der Waals surface area contributed by atoms with Crippen LogP contribution in [0.2, 0.25) is 0 Å². The summed E-state index contributed by atoms with van der Waals surface area (Å²) >= 11 is 0. The van der Waals surface area contributed by atoms with Crippen LogP contribution < -0.4 is 5.32 Å². The van der Waals surface area contributed by atoms with Crippen molar-refractivity contribution in [2.75, 3.05) is 13.1 Å². The molecule has 0 aromatic heterocycles. The first-order valence-electron chi connectivity index (χ1n) is 8.54. The van der Waals surface area contributed by atoms with E-state index in [1.165, 1.54) is 58.0 Å². The van der Waals surface area contributed by atoms with Crippen LogP contribution in [0.3, 0.4) is 0 Å². The van der Waals surface area contributed by atoms with Crippen molar-refractivity contribution >= 4 is 0 Å². The Labute approximate surface area is 119 Å². The molecule has 3 aliphatic rings. The molecule has 2 saturated carbocycles. The normalized spacial score (nSPS) is 37.7. The lowest BCUT2D eigenvalue weighted by Crippen LogP contribution is -2.49. The molecule has 0 radical (unpaired) electrons. The number of rotatable bonds is 3. The van der Waals surface area contributed by atoms with Crippen LogP contribution in [0.15, 0.2) is 0 Å². The summed E-state index contributed by atoms with van der Waals surface area (Å²) in [7, 11) is 0. The first-order chi connectivity index (χ1) is 9.04. The highest BCUT2D eigenvalue weighted by atomic mass is 15.2. The van der Waals surface area contributed by atoms with Crippen molar-refractivity contribution in [1.29, 1.82) is 0 Å². The molecule has 2 aliphatic carbocycles. The van der Waals surface area contributed by atoms with Gasteiger partial charge < -0.3 is 5.32 Å². The lowest BCUT2D eigenvalue weighted by atomic mass is 9.69. The summed E-state index contributed by atoms with van der Waals surface area (Å²) in [6.07, 6.45) is 10.0. The maximum atomic E-state index is 4.05. The van der Waals surface area contributed by atoms with E-state index in [9.17, 15) is 0 Å². The van der Waals surface area contributed by atoms with Gasteiger partial charge >= 0.3 is 0 Å². The quantitative estimate of drug-likeness (QED) is 0.840. The van der Waals surface area contributed by atoms with E-state index in [1.807, 2.05) is 0 Å². The summed E-state index contributed by atoms with van der Waals surface area (Å²) in [5.41, 5.74) is 0.465. The van der Waals surface area contributed by atoms with E-state index in [2.05, 4.69) is 31.0 Å². The van der Waals surface area contributed by atoms with Crippen LogP contribution in [0, 0.1) is 11.3 Å². The van der Waals surface area contributed by atoms with Crippen molar-refractivity contribution < 1.29 is 0 Å². The minimum Gasteiger partial charge on any atom is -0.310 e. The predicted octanol–water partition coefficient (Wildman–Crippen LogP) is 3.42. The van der Waals surface area contributed by atoms with Crippen LogP contribution >= 0.6 is 0 Å². The van der Waals surface area contributed by atoms with E-state index in [4.69, 9.17) is 0 Å². The molecule has 1 heterocycles. The Balaban J connectivity index is 1.55. The van der Waals surface area contributed by atoms with Gasteiger partial charge in [0.1, 0.15) is 0 Å². The second kappa shape index (κ2) is 5.37. The maximum absolute atomic E-state index is 4.05. The smallest absolute Gasteiger partial charge is 0.0210 e. The van der Waals surface area contributed by atoms with Gasteiger partial charge in [-0.05, 0) is 43.4 Å². The highest BCUT2D eigenvalue weighted by Gasteiger charge is 2.38. The molecule has 0 aromatic carbocycles. The molecule has 3 rings (SSSR count). The van der Waals surface area contributed by atoms with E-state index < -0.39 is 0 Å². The van der Waals surface area contributed by atoms with Crippen molar-refractivity contribution in [1.82, 2.24) is 10.2 Å². The molecule has 110 valence electrons. The summed E-state index contributed by atoms with van der Waals surface area (Å²) in [6.45, 7) is 9.96. The van der Waals surface area contributed by atoms with Gasteiger partial charge in [-0.25, -0.2) is 0 Å². The predicted molar refractivity (Wildman–Crippen MR) is 81.3 cm³/mol. The second-order valence-electron chi connectivity index (χ2n) is 8.24. The van der Waals surface area contributed by atoms with Crippen LogP contribution in [0.1, 0.15) is 65.7 Å². The van der Waals surface area contributed by atoms with Gasteiger partial charge in [0.05, 0.1) is 0 Å². The lowest BCUT2D eigenvalue weighted by molar-refractivity contribution is 0.123. The zero-order chi connectivity index (χ0) is 13.5. The Kier molecular flexibility index (Phi) is 3.92. The van der Waals surface area contributed by atoms with Crippen molar-refractivity contribution in [2.45, 2.75) is 83.8 Å². The molecular formula is C17H32N2. The van der Waals surface area contributed by atoms with Gasteiger partial charge in [0, 0.05) is 31.2 Å². The van der Waals surface area contributed by atoms with Gasteiger partial charge in [0.2, 0.25) is 0 Å². The van der Waals surface area contributed by atoms with Gasteiger partial charge in [-0.2, -0.15) is 0 Å². The number of hydrogen-bond acceptors (Lipinski definition) is 2. The first-order valence-corrected chi connectivity index (χ1v) is 8.54. The maximum Gasteiger partial charge on any atom is 0.0210 e. The highest BCUT2D eigenvalue weighted by Crippen LogP contribution is 2.38. The molecule has 0 aromatic rings. The van der Waals surface area contributed by atoms with E-state index in [-0.39, 0.29) is 0 Å². The van der Waals surface area contributed by atoms with Gasteiger partial charge in [0.25, 0.3) is 0 Å². The Morgan fingerprint density at radius 2 is 1.68 bits per heavy atom. The van der Waals surface area contributed by atoms with Crippen LogP contribution in [0.25, 0.3) is 0 Å². The van der Waals surface area contributed by atoms with E-state index in [1.54, 1.807) is 0 Å². The van der Waals surface area contributed by atoms with Gasteiger partial charge in [-0.1, -0.05) is 33.6 Å². The van der Waals surface area contributed by atoms with Crippen molar-refractivity contribution in [3.05, 3.63) is 0 Å². The Morgan fingerprint density at radius 1 is 0.947 bits per heavy atom. The van der Waals surface area contributed by atoms with Crippen molar-refractivity contribution in [2.24, 2.45) is 11.3 Å². The summed E-state index contributed by atoms with van der Waals surface area (Å²) in [5, 5.41) is 4.05. The number of likely N-dealkylation sites (tertiary alicyclic amines) is 1. The Hall–Kier alpha value is -0.0800. The largest absolute Gasteiger partial charge is 0.310 e. The van der Waals surface area contributed by atoms with E-state index in [0.717, 1.165) is 24.0 Å². The first kappa shape index (κ1) is 13.9. The average molecular weight is 264 g/mol. The molecule has 1 N–H and O–H groups in total. The Bertz CT molecular complexity index is 303. The van der Waals surface area contributed by atoms with Gasteiger partial charge in [-0.3, -0.25) is 4.90 Å². The topological polar surface area (TPSA) is 15.3 Å². The molecule has 1 aliphatic heterocycles. The molecule has 2 heteroatoms. The molecule has 0 spiro atoms. The van der Waals surface area contributed by atoms with Crippen molar-refractivity contribution in [3.8, 4) is 0 Å². The molecular weight excluding hydrogens is 232 g/mol. The molecule has 2 nitrogen and oxygen atoms in total. The standard InChI is InChI=1S/C17H32N2/c1-17(2,3)15-6-4-5-7-16(15)18-13-10-11-19(12-13)14-8-9-14/h13-16,18H,4-12H2,1-3H3. The van der Waals surface area contributed by atoms with Gasteiger partial charge in [0.15, 0.2) is 0 Å². The SMILES string of the molecule is CC(C)(C)C1CCCCC1NC1CCN(C2CC2)C1. The van der Waals surface area contributed by atoms with Crippen LogP contribution in [-0.2, 0) is 0 Å². The molecule has 3 atom stereocenters. The fourth-order valence-electron chi connectivity index (χ4n) is 4.36. The fourth-order valence-corrected chi connectivity index (χ4v) is 4.36. The monoisotopic (exact) mass is 264 g/mol. The van der Waals surface area contributed by atoms with Crippen LogP contribution in [0.5, 0.6) is 0 Å². The van der Waals surface area contributed by atoms with E-state index >= 15 is 0 Å². The Morgan fingerprint density at radius 3 is 2.37 bits per heavy atom. The van der Waals surface area contributed by atoms with Crippen molar-refractivity contribution in [3.63, 3.8) is 0 Å². The molecule has 1 saturated heterocycles. The minimum atomic E-state index is 0.465. The molecule has 19 heavy (non-hydrogen) atoms. The summed E-state index contributed by atoms with van der Waals surface area (Å²) in [4.78, 5) is 2.73. The summed E-state index contributed by atoms with van der Waals surface area (Å²) in [5.74, 6) is 0.872. The third-order valence-electron chi connectivity index (χ3n) is 5.61. The highest BCUT2D eigenvalue weighted by molar-refractivity contribution is 4.95. The molecule has 0 amide bonds. The molecule has 3 unspecified atom stereocenters. The minimum absolute atomic E-state index is 0.465. The van der Waals surface area contributed by atoms with Crippen LogP contribution in [0.4, 0.5) is 0 Å². The fraction of sp³-hybridized carbons (Fsp3) is 1.00. The third-order valence-corrected chi connectivity index (χ3v) is 5.61. The zero-order valence-electron chi connectivity index (χ0n) is 13.1. The lowest BCUT2D eigenvalue weighted by Gasteiger charge is -2.42. The third kappa shape index (κ3) is 3.33. The second-order valence-corrected chi connectivity index (χ2v) is 8.24. The summed E-state index contributed by atoms with van der Waals surface area (Å²) in [6, 6.07) is 2.50. The van der Waals surface area contributed by atoms with Crippen LogP contribution in [-0.4, -0.2) is 36.1 Å².